The highest BCUT2D eigenvalue weighted by Gasteiger charge is 2.17. The average Bonchev–Trinajstić information content (AvgIpc) is 2.57. The average molecular weight is 403 g/mol. The number of rotatable bonds is 10. The Hall–Kier alpha value is -1.99. The first-order chi connectivity index (χ1) is 12.3. The molecular weight excluding hydrogens is 379 g/mol. The van der Waals surface area contributed by atoms with Gasteiger partial charge in [0.1, 0.15) is 0 Å². The summed E-state index contributed by atoms with van der Waals surface area (Å²) in [6.45, 7) is 2.77. The van der Waals surface area contributed by atoms with Crippen LogP contribution in [0, 0.1) is 0 Å². The van der Waals surface area contributed by atoms with Gasteiger partial charge in [0, 0.05) is 24.5 Å². The second-order valence-corrected chi connectivity index (χ2v) is 6.58. The number of hydrogen-bond acceptors (Lipinski definition) is 3. The molecule has 0 unspecified atom stereocenters. The molecule has 0 aliphatic carbocycles. The van der Waals surface area contributed by atoms with Crippen LogP contribution in [0.3, 0.4) is 0 Å². The summed E-state index contributed by atoms with van der Waals surface area (Å²) in [6, 6.07) is 4.19. The molecule has 0 bridgehead atoms. The van der Waals surface area contributed by atoms with E-state index in [0.29, 0.717) is 48.1 Å². The zero-order chi connectivity index (χ0) is 19.5. The fraction of sp³-hybridized carbons (Fsp3) is 0.471. The molecule has 0 aliphatic rings. The number of hydrogen-bond donors (Lipinski definition) is 3. The van der Waals surface area contributed by atoms with Crippen molar-refractivity contribution in [1.82, 2.24) is 10.2 Å². The zero-order valence-electron chi connectivity index (χ0n) is 14.7. The van der Waals surface area contributed by atoms with Gasteiger partial charge in [0.25, 0.3) is 0 Å². The SMILES string of the molecule is CCCN(CC(=O)Nc1cc(Cl)ccc1Cl)C(=O)CCCCNC(N)=O. The molecule has 0 aliphatic heterocycles. The predicted octanol–water partition coefficient (Wildman–Crippen LogP) is 3.01. The molecule has 4 amide bonds. The van der Waals surface area contributed by atoms with Crippen molar-refractivity contribution in [2.24, 2.45) is 5.73 Å². The molecule has 1 rings (SSSR count). The van der Waals surface area contributed by atoms with Gasteiger partial charge >= 0.3 is 6.03 Å². The topological polar surface area (TPSA) is 105 Å². The van der Waals surface area contributed by atoms with E-state index in [9.17, 15) is 14.4 Å². The molecule has 0 saturated carbocycles. The van der Waals surface area contributed by atoms with Crippen molar-refractivity contribution in [3.8, 4) is 0 Å². The van der Waals surface area contributed by atoms with E-state index in [1.54, 1.807) is 18.2 Å². The lowest BCUT2D eigenvalue weighted by atomic mass is 10.2. The summed E-state index contributed by atoms with van der Waals surface area (Å²) >= 11 is 11.9. The highest BCUT2D eigenvalue weighted by atomic mass is 35.5. The summed E-state index contributed by atoms with van der Waals surface area (Å²) in [5, 5.41) is 5.97. The molecule has 9 heteroatoms. The van der Waals surface area contributed by atoms with Gasteiger partial charge in [-0.25, -0.2) is 4.79 Å². The first-order valence-electron chi connectivity index (χ1n) is 8.39. The minimum Gasteiger partial charge on any atom is -0.352 e. The minimum atomic E-state index is -0.583. The van der Waals surface area contributed by atoms with Crippen LogP contribution < -0.4 is 16.4 Å². The fourth-order valence-corrected chi connectivity index (χ4v) is 2.63. The third-order valence-corrected chi connectivity index (χ3v) is 4.06. The van der Waals surface area contributed by atoms with Crippen molar-refractivity contribution in [1.29, 1.82) is 0 Å². The van der Waals surface area contributed by atoms with Crippen molar-refractivity contribution >= 4 is 46.7 Å². The molecule has 26 heavy (non-hydrogen) atoms. The number of anilines is 1. The van der Waals surface area contributed by atoms with E-state index < -0.39 is 6.03 Å². The number of primary amides is 1. The Balaban J connectivity index is 2.52. The molecular formula is C17H24Cl2N4O3. The summed E-state index contributed by atoms with van der Waals surface area (Å²) in [7, 11) is 0. The van der Waals surface area contributed by atoms with Crippen LogP contribution in [-0.4, -0.2) is 42.4 Å². The van der Waals surface area contributed by atoms with E-state index >= 15 is 0 Å². The Kier molecular flexibility index (Phi) is 9.83. The van der Waals surface area contributed by atoms with E-state index in [4.69, 9.17) is 28.9 Å². The largest absolute Gasteiger partial charge is 0.352 e. The van der Waals surface area contributed by atoms with E-state index in [-0.39, 0.29) is 18.4 Å². The summed E-state index contributed by atoms with van der Waals surface area (Å²) in [5.74, 6) is -0.454. The van der Waals surface area contributed by atoms with Gasteiger partial charge in [0.15, 0.2) is 0 Å². The summed E-state index contributed by atoms with van der Waals surface area (Å²) in [4.78, 5) is 36.7. The highest BCUT2D eigenvalue weighted by Crippen LogP contribution is 2.25. The van der Waals surface area contributed by atoms with Gasteiger partial charge in [0.2, 0.25) is 11.8 Å². The number of nitrogens with two attached hydrogens (primary N) is 1. The van der Waals surface area contributed by atoms with Gasteiger partial charge in [-0.15, -0.1) is 0 Å². The van der Waals surface area contributed by atoms with Crippen molar-refractivity contribution < 1.29 is 14.4 Å². The summed E-state index contributed by atoms with van der Waals surface area (Å²) < 4.78 is 0. The van der Waals surface area contributed by atoms with Crippen LogP contribution in [0.2, 0.25) is 10.0 Å². The van der Waals surface area contributed by atoms with Crippen LogP contribution >= 0.6 is 23.2 Å². The maximum atomic E-state index is 12.3. The molecule has 1 aromatic carbocycles. The van der Waals surface area contributed by atoms with Gasteiger partial charge in [-0.05, 0) is 37.5 Å². The predicted molar refractivity (Wildman–Crippen MR) is 103 cm³/mol. The van der Waals surface area contributed by atoms with E-state index in [1.165, 1.54) is 4.90 Å². The van der Waals surface area contributed by atoms with Crippen LogP contribution in [0.15, 0.2) is 18.2 Å². The quantitative estimate of drug-likeness (QED) is 0.523. The molecule has 7 nitrogen and oxygen atoms in total. The lowest BCUT2D eigenvalue weighted by Gasteiger charge is -2.22. The maximum absolute atomic E-state index is 12.3. The molecule has 0 aromatic heterocycles. The standard InChI is InChI=1S/C17H24Cl2N4O3/c1-2-9-23(16(25)5-3-4-8-21-17(20)26)11-15(24)22-14-10-12(18)6-7-13(14)19/h6-7,10H,2-5,8-9,11H2,1H3,(H,22,24)(H3,20,21,26). The Labute approximate surface area is 163 Å². The Morgan fingerprint density at radius 2 is 1.92 bits per heavy atom. The van der Waals surface area contributed by atoms with Gasteiger partial charge in [-0.3, -0.25) is 9.59 Å². The minimum absolute atomic E-state index is 0.0605. The van der Waals surface area contributed by atoms with Gasteiger partial charge < -0.3 is 21.3 Å². The van der Waals surface area contributed by atoms with Crippen LogP contribution in [0.25, 0.3) is 0 Å². The molecule has 144 valence electrons. The molecule has 0 saturated heterocycles. The first-order valence-corrected chi connectivity index (χ1v) is 9.15. The normalized spacial score (nSPS) is 10.3. The number of benzene rings is 1. The van der Waals surface area contributed by atoms with Gasteiger partial charge in [-0.1, -0.05) is 30.1 Å². The monoisotopic (exact) mass is 402 g/mol. The second kappa shape index (κ2) is 11.6. The Morgan fingerprint density at radius 3 is 2.58 bits per heavy atom. The molecule has 4 N–H and O–H groups in total. The third kappa shape index (κ3) is 8.40. The number of unbranched alkanes of at least 4 members (excludes halogenated alkanes) is 1. The molecule has 1 aromatic rings. The summed E-state index contributed by atoms with van der Waals surface area (Å²) in [5.41, 5.74) is 5.38. The van der Waals surface area contributed by atoms with Crippen molar-refractivity contribution in [3.05, 3.63) is 28.2 Å². The van der Waals surface area contributed by atoms with Crippen molar-refractivity contribution in [2.75, 3.05) is 25.0 Å². The second-order valence-electron chi connectivity index (χ2n) is 5.74. The molecule has 0 fully saturated rings. The van der Waals surface area contributed by atoms with E-state index in [0.717, 1.165) is 6.42 Å². The summed E-state index contributed by atoms with van der Waals surface area (Å²) in [6.07, 6.45) is 2.27. The number of halogens is 2. The zero-order valence-corrected chi connectivity index (χ0v) is 16.2. The fourth-order valence-electron chi connectivity index (χ4n) is 2.29. The van der Waals surface area contributed by atoms with Crippen LogP contribution in [0.1, 0.15) is 32.6 Å². The first kappa shape index (κ1) is 22.1. The number of nitrogens with one attached hydrogen (secondary N) is 2. The van der Waals surface area contributed by atoms with Crippen LogP contribution in [-0.2, 0) is 9.59 Å². The van der Waals surface area contributed by atoms with Crippen LogP contribution in [0.4, 0.5) is 10.5 Å². The van der Waals surface area contributed by atoms with Gasteiger partial charge in [0.05, 0.1) is 17.3 Å². The molecule has 0 atom stereocenters. The van der Waals surface area contributed by atoms with Gasteiger partial charge in [-0.2, -0.15) is 0 Å². The number of carbonyl (C=O) groups is 3. The van der Waals surface area contributed by atoms with Crippen LogP contribution in [0.5, 0.6) is 0 Å². The lowest BCUT2D eigenvalue weighted by Crippen LogP contribution is -2.38. The Bertz CT molecular complexity index is 640. The highest BCUT2D eigenvalue weighted by molar-refractivity contribution is 6.35. The number of amides is 4. The maximum Gasteiger partial charge on any atom is 0.312 e. The molecule has 0 spiro atoms. The Morgan fingerprint density at radius 1 is 1.19 bits per heavy atom. The smallest absolute Gasteiger partial charge is 0.312 e. The van der Waals surface area contributed by atoms with Crippen molar-refractivity contribution in [3.63, 3.8) is 0 Å². The molecule has 0 heterocycles. The van der Waals surface area contributed by atoms with E-state index in [2.05, 4.69) is 10.6 Å². The number of urea groups is 1. The third-order valence-electron chi connectivity index (χ3n) is 3.50. The number of nitrogens with zero attached hydrogens (tertiary/aromatic N) is 1. The lowest BCUT2D eigenvalue weighted by molar-refractivity contribution is -0.134. The van der Waals surface area contributed by atoms with E-state index in [1.807, 2.05) is 6.92 Å². The number of carbonyl (C=O) groups excluding carboxylic acids is 3. The van der Waals surface area contributed by atoms with Crippen molar-refractivity contribution in [2.45, 2.75) is 32.6 Å². The molecule has 0 radical (unpaired) electrons.